The Morgan fingerprint density at radius 1 is 1.05 bits per heavy atom. The monoisotopic (exact) mass is 320 g/mol. The van der Waals surface area contributed by atoms with Gasteiger partial charge in [-0.05, 0) is 31.2 Å². The van der Waals surface area contributed by atoms with Gasteiger partial charge in [-0.3, -0.25) is 0 Å². The van der Waals surface area contributed by atoms with Crippen molar-refractivity contribution in [3.8, 4) is 11.5 Å². The van der Waals surface area contributed by atoms with Crippen LogP contribution in [-0.2, 0) is 5.79 Å². The third-order valence-corrected chi connectivity index (χ3v) is 3.76. The molecule has 0 saturated carbocycles. The molecule has 3 nitrogen and oxygen atoms in total. The van der Waals surface area contributed by atoms with Crippen molar-refractivity contribution >= 4 is 15.9 Å². The highest BCUT2D eigenvalue weighted by molar-refractivity contribution is 9.10. The number of halogens is 1. The zero-order chi connectivity index (χ0) is 13.5. The van der Waals surface area contributed by atoms with Crippen LogP contribution in [0.15, 0.2) is 53.0 Å². The summed E-state index contributed by atoms with van der Waals surface area (Å²) in [5, 5.41) is 10.8. The molecule has 1 heterocycles. The number of rotatable bonds is 1. The van der Waals surface area contributed by atoms with E-state index in [2.05, 4.69) is 15.9 Å². The summed E-state index contributed by atoms with van der Waals surface area (Å²) in [6.07, 6.45) is -0.497. The molecule has 2 aromatic carbocycles. The maximum absolute atomic E-state index is 10.8. The van der Waals surface area contributed by atoms with Crippen molar-refractivity contribution in [3.05, 3.63) is 58.6 Å². The molecular formula is C15H13BrO3. The topological polar surface area (TPSA) is 38.7 Å². The van der Waals surface area contributed by atoms with Crippen LogP contribution in [0.5, 0.6) is 11.5 Å². The van der Waals surface area contributed by atoms with Crippen LogP contribution >= 0.6 is 15.9 Å². The number of ether oxygens (including phenoxy) is 2. The van der Waals surface area contributed by atoms with Gasteiger partial charge in [0, 0.05) is 10.0 Å². The van der Waals surface area contributed by atoms with Gasteiger partial charge in [0.25, 0.3) is 5.79 Å². The van der Waals surface area contributed by atoms with E-state index >= 15 is 0 Å². The molecular weight excluding hydrogens is 308 g/mol. The number of benzene rings is 2. The fraction of sp³-hybridized carbons (Fsp3) is 0.200. The Morgan fingerprint density at radius 3 is 2.37 bits per heavy atom. The van der Waals surface area contributed by atoms with Crippen LogP contribution in [-0.4, -0.2) is 11.2 Å². The number of fused-ring (bicyclic) bond motifs is 1. The molecule has 98 valence electrons. The van der Waals surface area contributed by atoms with Crippen molar-refractivity contribution in [1.29, 1.82) is 0 Å². The van der Waals surface area contributed by atoms with Gasteiger partial charge in [0.2, 0.25) is 0 Å². The zero-order valence-electron chi connectivity index (χ0n) is 10.3. The summed E-state index contributed by atoms with van der Waals surface area (Å²) >= 11 is 3.37. The summed E-state index contributed by atoms with van der Waals surface area (Å²) in [5.74, 6) is -0.280. The molecule has 1 aliphatic heterocycles. The van der Waals surface area contributed by atoms with Crippen molar-refractivity contribution in [3.63, 3.8) is 0 Å². The van der Waals surface area contributed by atoms with Crippen LogP contribution in [0.1, 0.15) is 12.5 Å². The van der Waals surface area contributed by atoms with Crippen LogP contribution in [0.2, 0.25) is 0 Å². The summed E-state index contributed by atoms with van der Waals surface area (Å²) in [5.41, 5.74) is 0.665. The molecule has 4 heteroatoms. The maximum atomic E-state index is 10.8. The van der Waals surface area contributed by atoms with Gasteiger partial charge in [-0.2, -0.15) is 0 Å². The first kappa shape index (κ1) is 12.5. The Kier molecular flexibility index (Phi) is 2.99. The predicted molar refractivity (Wildman–Crippen MR) is 75.2 cm³/mol. The van der Waals surface area contributed by atoms with E-state index in [4.69, 9.17) is 9.47 Å². The number of hydrogen-bond donors (Lipinski definition) is 1. The second-order valence-corrected chi connectivity index (χ2v) is 5.43. The first-order valence-corrected chi connectivity index (χ1v) is 6.82. The maximum Gasteiger partial charge on any atom is 0.272 e. The van der Waals surface area contributed by atoms with Gasteiger partial charge >= 0.3 is 0 Å². The quantitative estimate of drug-likeness (QED) is 0.874. The molecule has 1 aliphatic rings. The number of aliphatic hydroxyl groups is 1. The molecule has 0 saturated heterocycles. The predicted octanol–water partition coefficient (Wildman–Crippen LogP) is 3.45. The summed E-state index contributed by atoms with van der Waals surface area (Å²) in [7, 11) is 0. The van der Waals surface area contributed by atoms with Crippen molar-refractivity contribution in [2.24, 2.45) is 0 Å². The molecule has 1 N–H and O–H groups in total. The summed E-state index contributed by atoms with van der Waals surface area (Å²) < 4.78 is 12.5. The highest BCUT2D eigenvalue weighted by Gasteiger charge is 2.44. The normalized spacial score (nSPS) is 25.1. The molecule has 0 aliphatic carbocycles. The van der Waals surface area contributed by atoms with E-state index in [-0.39, 0.29) is 0 Å². The molecule has 19 heavy (non-hydrogen) atoms. The van der Waals surface area contributed by atoms with Gasteiger partial charge in [0.1, 0.15) is 0 Å². The molecule has 0 amide bonds. The molecule has 0 aromatic heterocycles. The lowest BCUT2D eigenvalue weighted by atomic mass is 9.99. The van der Waals surface area contributed by atoms with E-state index in [9.17, 15) is 5.11 Å². The van der Waals surface area contributed by atoms with Crippen LogP contribution < -0.4 is 9.47 Å². The highest BCUT2D eigenvalue weighted by Crippen LogP contribution is 2.41. The number of para-hydroxylation sites is 2. The molecule has 3 rings (SSSR count). The Bertz CT molecular complexity index is 597. The van der Waals surface area contributed by atoms with Gasteiger partial charge in [-0.1, -0.05) is 40.2 Å². The first-order chi connectivity index (χ1) is 9.09. The van der Waals surface area contributed by atoms with Crippen LogP contribution in [0.3, 0.4) is 0 Å². The fourth-order valence-corrected chi connectivity index (χ4v) is 2.40. The van der Waals surface area contributed by atoms with E-state index < -0.39 is 11.9 Å². The van der Waals surface area contributed by atoms with Crippen molar-refractivity contribution < 1.29 is 14.6 Å². The lowest BCUT2D eigenvalue weighted by Crippen LogP contribution is -2.48. The molecule has 0 bridgehead atoms. The van der Waals surface area contributed by atoms with Gasteiger partial charge in [-0.25, -0.2) is 0 Å². The van der Waals surface area contributed by atoms with Gasteiger partial charge < -0.3 is 14.6 Å². The fourth-order valence-electron chi connectivity index (χ4n) is 2.14. The van der Waals surface area contributed by atoms with E-state index in [1.807, 2.05) is 42.5 Å². The smallest absolute Gasteiger partial charge is 0.272 e. The zero-order valence-corrected chi connectivity index (χ0v) is 11.9. The Morgan fingerprint density at radius 2 is 1.68 bits per heavy atom. The molecule has 0 fully saturated rings. The van der Waals surface area contributed by atoms with Gasteiger partial charge in [0.05, 0.1) is 0 Å². The van der Waals surface area contributed by atoms with Gasteiger partial charge in [0.15, 0.2) is 17.6 Å². The lowest BCUT2D eigenvalue weighted by molar-refractivity contribution is -0.216. The van der Waals surface area contributed by atoms with E-state index in [1.165, 1.54) is 0 Å². The molecule has 2 aromatic rings. The minimum Gasteiger partial charge on any atom is -0.480 e. The summed E-state index contributed by atoms with van der Waals surface area (Å²) in [6, 6.07) is 14.7. The Balaban J connectivity index is 2.03. The van der Waals surface area contributed by atoms with Crippen LogP contribution in [0.4, 0.5) is 0 Å². The van der Waals surface area contributed by atoms with Crippen molar-refractivity contribution in [2.75, 3.05) is 0 Å². The van der Waals surface area contributed by atoms with E-state index in [1.54, 1.807) is 13.0 Å². The second kappa shape index (κ2) is 4.54. The minimum absolute atomic E-state index is 0.497. The third kappa shape index (κ3) is 2.11. The number of hydrogen-bond acceptors (Lipinski definition) is 3. The SMILES string of the molecule is C[C@@H]1Oc2ccccc2O[C@@]1(O)c1ccc(Br)cc1. The molecule has 0 unspecified atom stereocenters. The van der Waals surface area contributed by atoms with Crippen LogP contribution in [0, 0.1) is 0 Å². The molecule has 0 radical (unpaired) electrons. The second-order valence-electron chi connectivity index (χ2n) is 4.51. The Labute approximate surface area is 119 Å². The summed E-state index contributed by atoms with van der Waals surface area (Å²) in [6.45, 7) is 1.79. The first-order valence-electron chi connectivity index (χ1n) is 6.03. The van der Waals surface area contributed by atoms with Gasteiger partial charge in [-0.15, -0.1) is 0 Å². The molecule has 2 atom stereocenters. The summed E-state index contributed by atoms with van der Waals surface area (Å²) in [4.78, 5) is 0. The Hall–Kier alpha value is -1.52. The van der Waals surface area contributed by atoms with Crippen LogP contribution in [0.25, 0.3) is 0 Å². The minimum atomic E-state index is -1.48. The van der Waals surface area contributed by atoms with E-state index in [0.29, 0.717) is 17.1 Å². The largest absolute Gasteiger partial charge is 0.480 e. The van der Waals surface area contributed by atoms with Crippen molar-refractivity contribution in [2.45, 2.75) is 18.8 Å². The molecule has 0 spiro atoms. The highest BCUT2D eigenvalue weighted by atomic mass is 79.9. The van der Waals surface area contributed by atoms with E-state index in [0.717, 1.165) is 4.47 Å². The average Bonchev–Trinajstić information content (AvgIpc) is 2.41. The lowest BCUT2D eigenvalue weighted by Gasteiger charge is -2.39. The third-order valence-electron chi connectivity index (χ3n) is 3.23. The average molecular weight is 321 g/mol. The van der Waals surface area contributed by atoms with Crippen molar-refractivity contribution in [1.82, 2.24) is 0 Å². The standard InChI is InChI=1S/C15H13BrO3/c1-10-15(17,11-6-8-12(16)9-7-11)19-14-5-3-2-4-13(14)18-10/h2-10,17H,1H3/t10-,15+/m0/s1.